The topological polar surface area (TPSA) is 42.2 Å². The molecule has 3 aromatic rings. The summed E-state index contributed by atoms with van der Waals surface area (Å²) >= 11 is 0. The largest absolute Gasteiger partial charge is 1.00 e. The minimum absolute atomic E-state index is 0. The Morgan fingerprint density at radius 2 is 1.62 bits per heavy atom. The molecule has 5 heteroatoms. The van der Waals surface area contributed by atoms with Crippen LogP contribution in [0.5, 0.6) is 11.5 Å². The van der Waals surface area contributed by atoms with Crippen LogP contribution in [0.15, 0.2) is 79.1 Å². The van der Waals surface area contributed by atoms with Crippen molar-refractivity contribution >= 4 is 11.6 Å². The van der Waals surface area contributed by atoms with Gasteiger partial charge in [-0.2, -0.15) is 0 Å². The normalized spacial score (nSPS) is 9.88. The fraction of sp³-hybridized carbons (Fsp3) is 0.143. The number of nitrogens with zero attached hydrogens (tertiary/aromatic N) is 1. The number of benzene rings is 2. The fourth-order valence-corrected chi connectivity index (χ4v) is 2.40. The number of pyridine rings is 1. The van der Waals surface area contributed by atoms with Crippen LogP contribution in [0.2, 0.25) is 0 Å². The molecular formula is C21H21BrN2O2. The van der Waals surface area contributed by atoms with E-state index in [9.17, 15) is 4.79 Å². The second-order valence-electron chi connectivity index (χ2n) is 5.82. The van der Waals surface area contributed by atoms with Gasteiger partial charge in [0.25, 0.3) is 0 Å². The first-order valence-electron chi connectivity index (χ1n) is 8.28. The molecule has 1 N–H and O–H groups in total. The van der Waals surface area contributed by atoms with Crippen molar-refractivity contribution in [3.05, 3.63) is 84.7 Å². The highest BCUT2D eigenvalue weighted by molar-refractivity contribution is 5.92. The van der Waals surface area contributed by atoms with Gasteiger partial charge in [-0.3, -0.25) is 4.79 Å². The van der Waals surface area contributed by atoms with Crippen LogP contribution in [0.25, 0.3) is 0 Å². The number of amides is 1. The van der Waals surface area contributed by atoms with E-state index < -0.39 is 0 Å². The Morgan fingerprint density at radius 1 is 0.962 bits per heavy atom. The van der Waals surface area contributed by atoms with Crippen LogP contribution in [0, 0.1) is 6.92 Å². The molecule has 1 amide bonds. The Hall–Kier alpha value is -2.66. The van der Waals surface area contributed by atoms with Gasteiger partial charge in [0.1, 0.15) is 5.75 Å². The summed E-state index contributed by atoms with van der Waals surface area (Å²) in [6, 6.07) is 21.0. The summed E-state index contributed by atoms with van der Waals surface area (Å²) in [5.41, 5.74) is 1.87. The molecule has 0 fully saturated rings. The van der Waals surface area contributed by atoms with Gasteiger partial charge in [0.2, 0.25) is 5.91 Å². The predicted molar refractivity (Wildman–Crippen MR) is 97.6 cm³/mol. The molecule has 0 bridgehead atoms. The minimum Gasteiger partial charge on any atom is -1.00 e. The van der Waals surface area contributed by atoms with Crippen LogP contribution in [0.3, 0.4) is 0 Å². The fourth-order valence-electron chi connectivity index (χ4n) is 2.40. The Morgan fingerprint density at radius 3 is 2.35 bits per heavy atom. The SMILES string of the molecule is Cc1cc[n+](CCC(=O)Nc2ccccc2Oc2ccccc2)cc1.[Br-]. The number of nitrogens with one attached hydrogen (secondary N) is 1. The van der Waals surface area contributed by atoms with Crippen molar-refractivity contribution in [3.8, 4) is 11.5 Å². The summed E-state index contributed by atoms with van der Waals surface area (Å²) < 4.78 is 7.87. The number of halogens is 1. The summed E-state index contributed by atoms with van der Waals surface area (Å²) in [5.74, 6) is 1.32. The number of para-hydroxylation sites is 3. The molecule has 134 valence electrons. The summed E-state index contributed by atoms with van der Waals surface area (Å²) in [4.78, 5) is 12.3. The third kappa shape index (κ3) is 5.70. The lowest BCUT2D eigenvalue weighted by molar-refractivity contribution is -0.695. The lowest BCUT2D eigenvalue weighted by atomic mass is 10.2. The first-order valence-corrected chi connectivity index (χ1v) is 8.28. The van der Waals surface area contributed by atoms with Crippen LogP contribution in [-0.4, -0.2) is 5.91 Å². The van der Waals surface area contributed by atoms with E-state index in [1.54, 1.807) is 0 Å². The number of aromatic nitrogens is 1. The number of hydrogen-bond acceptors (Lipinski definition) is 2. The van der Waals surface area contributed by atoms with Gasteiger partial charge in [0.15, 0.2) is 24.7 Å². The van der Waals surface area contributed by atoms with Crippen LogP contribution >= 0.6 is 0 Å². The maximum atomic E-state index is 12.3. The molecule has 0 saturated carbocycles. The highest BCUT2D eigenvalue weighted by Crippen LogP contribution is 2.29. The van der Waals surface area contributed by atoms with E-state index in [1.165, 1.54) is 5.56 Å². The van der Waals surface area contributed by atoms with Gasteiger partial charge in [0, 0.05) is 12.1 Å². The monoisotopic (exact) mass is 412 g/mol. The molecule has 2 aromatic carbocycles. The molecule has 0 aliphatic carbocycles. The average molecular weight is 413 g/mol. The lowest BCUT2D eigenvalue weighted by Crippen LogP contribution is -3.00. The quantitative estimate of drug-likeness (QED) is 0.616. The molecule has 4 nitrogen and oxygen atoms in total. The van der Waals surface area contributed by atoms with E-state index >= 15 is 0 Å². The predicted octanol–water partition coefficient (Wildman–Crippen LogP) is 1.11. The van der Waals surface area contributed by atoms with Gasteiger partial charge in [-0.15, -0.1) is 0 Å². The highest BCUT2D eigenvalue weighted by Gasteiger charge is 2.10. The van der Waals surface area contributed by atoms with E-state index in [2.05, 4.69) is 5.32 Å². The summed E-state index contributed by atoms with van der Waals surface area (Å²) in [6.45, 7) is 2.68. The number of hydrogen-bond donors (Lipinski definition) is 1. The second-order valence-corrected chi connectivity index (χ2v) is 5.82. The van der Waals surface area contributed by atoms with Crippen LogP contribution in [0.1, 0.15) is 12.0 Å². The Kier molecular flexibility index (Phi) is 7.36. The van der Waals surface area contributed by atoms with E-state index in [-0.39, 0.29) is 22.9 Å². The highest BCUT2D eigenvalue weighted by atomic mass is 79.9. The van der Waals surface area contributed by atoms with Crippen molar-refractivity contribution < 1.29 is 31.1 Å². The number of aryl methyl sites for hydroxylation is 2. The summed E-state index contributed by atoms with van der Waals surface area (Å²) in [6.07, 6.45) is 4.36. The van der Waals surface area contributed by atoms with Crippen molar-refractivity contribution in [1.29, 1.82) is 0 Å². The molecular weight excluding hydrogens is 392 g/mol. The van der Waals surface area contributed by atoms with Gasteiger partial charge in [-0.05, 0) is 36.8 Å². The van der Waals surface area contributed by atoms with E-state index in [1.807, 2.05) is 90.6 Å². The smallest absolute Gasteiger partial charge is 0.230 e. The number of anilines is 1. The van der Waals surface area contributed by atoms with E-state index in [0.717, 1.165) is 5.75 Å². The zero-order valence-corrected chi connectivity index (χ0v) is 16.1. The molecule has 0 unspecified atom stereocenters. The van der Waals surface area contributed by atoms with Gasteiger partial charge in [-0.25, -0.2) is 4.57 Å². The molecule has 0 atom stereocenters. The van der Waals surface area contributed by atoms with Crippen LogP contribution in [0.4, 0.5) is 5.69 Å². The van der Waals surface area contributed by atoms with Gasteiger partial charge in [-0.1, -0.05) is 30.3 Å². The lowest BCUT2D eigenvalue weighted by Gasteiger charge is -2.11. The third-order valence-corrected chi connectivity index (χ3v) is 3.79. The van der Waals surface area contributed by atoms with Gasteiger partial charge < -0.3 is 27.0 Å². The Bertz CT molecular complexity index is 836. The maximum absolute atomic E-state index is 12.3. The number of carbonyl (C=O) groups excluding carboxylic acids is 1. The zero-order chi connectivity index (χ0) is 17.5. The number of carbonyl (C=O) groups is 1. The first kappa shape index (κ1) is 19.7. The van der Waals surface area contributed by atoms with Gasteiger partial charge >= 0.3 is 0 Å². The Labute approximate surface area is 164 Å². The Balaban J connectivity index is 0.00000243. The van der Waals surface area contributed by atoms with Crippen LogP contribution < -0.4 is 31.6 Å². The van der Waals surface area contributed by atoms with Crippen molar-refractivity contribution in [2.45, 2.75) is 19.9 Å². The minimum atomic E-state index is -0.0443. The molecule has 1 aromatic heterocycles. The molecule has 0 aliphatic rings. The average Bonchev–Trinajstić information content (AvgIpc) is 2.64. The molecule has 1 heterocycles. The molecule has 0 spiro atoms. The molecule has 0 radical (unpaired) electrons. The molecule has 3 rings (SSSR count). The van der Waals surface area contributed by atoms with Gasteiger partial charge in [0.05, 0.1) is 12.1 Å². The van der Waals surface area contributed by atoms with Crippen LogP contribution in [-0.2, 0) is 11.3 Å². The van der Waals surface area contributed by atoms with Crippen molar-refractivity contribution in [2.24, 2.45) is 0 Å². The maximum Gasteiger partial charge on any atom is 0.230 e. The molecule has 0 aliphatic heterocycles. The zero-order valence-electron chi connectivity index (χ0n) is 14.6. The number of rotatable bonds is 6. The molecule has 0 saturated heterocycles. The van der Waals surface area contributed by atoms with Crippen molar-refractivity contribution in [1.82, 2.24) is 0 Å². The van der Waals surface area contributed by atoms with Crippen molar-refractivity contribution in [3.63, 3.8) is 0 Å². The summed E-state index contributed by atoms with van der Waals surface area (Å²) in [7, 11) is 0. The first-order chi connectivity index (χ1) is 12.2. The third-order valence-electron chi connectivity index (χ3n) is 3.79. The van der Waals surface area contributed by atoms with Crippen molar-refractivity contribution in [2.75, 3.05) is 5.32 Å². The summed E-state index contributed by atoms with van der Waals surface area (Å²) in [5, 5.41) is 2.94. The van der Waals surface area contributed by atoms with E-state index in [0.29, 0.717) is 24.4 Å². The van der Waals surface area contributed by atoms with E-state index in [4.69, 9.17) is 4.74 Å². The second kappa shape index (κ2) is 9.73. The molecule has 26 heavy (non-hydrogen) atoms. The standard InChI is InChI=1S/C21H20N2O2.BrH/c1-17-11-14-23(15-12-17)16-13-21(24)22-19-9-5-6-10-20(19)25-18-7-3-2-4-8-18;/h2-12,14-15H,13,16H2,1H3;1H. The number of ether oxygens (including phenoxy) is 1.